The number of aromatic nitrogens is 2. The molecule has 1 fully saturated rings. The van der Waals surface area contributed by atoms with Crippen LogP contribution in [0.4, 0.5) is 10.1 Å². The molecule has 5 rings (SSSR count). The predicted octanol–water partition coefficient (Wildman–Crippen LogP) is 4.59. The summed E-state index contributed by atoms with van der Waals surface area (Å²) in [6, 6.07) is 21.3. The highest BCUT2D eigenvalue weighted by Crippen LogP contribution is 2.22. The van der Waals surface area contributed by atoms with Crippen molar-refractivity contribution in [1.82, 2.24) is 14.0 Å². The monoisotopic (exact) mass is 508 g/mol. The van der Waals surface area contributed by atoms with Gasteiger partial charge in [-0.25, -0.2) is 9.18 Å². The van der Waals surface area contributed by atoms with Gasteiger partial charge in [0.1, 0.15) is 5.82 Å². The fourth-order valence-electron chi connectivity index (χ4n) is 4.96. The van der Waals surface area contributed by atoms with Gasteiger partial charge in [-0.3, -0.25) is 13.9 Å². The van der Waals surface area contributed by atoms with Crippen molar-refractivity contribution in [3.05, 3.63) is 100 Å². The summed E-state index contributed by atoms with van der Waals surface area (Å²) < 4.78 is 16.8. The minimum atomic E-state index is -0.332. The third kappa shape index (κ3) is 5.37. The number of Topliss-reactive ketones (excluding diaryl/α,β-unsaturated/α-hetero) is 1. The number of piperidine rings is 1. The molecule has 8 heteroatoms. The summed E-state index contributed by atoms with van der Waals surface area (Å²) >= 11 is 0. The van der Waals surface area contributed by atoms with Crippen LogP contribution in [0.3, 0.4) is 0 Å². The molecule has 0 atom stereocenters. The molecule has 0 radical (unpaired) electrons. The highest BCUT2D eigenvalue weighted by Gasteiger charge is 2.26. The molecule has 0 saturated carbocycles. The molecule has 2 N–H and O–H groups in total. The third-order valence-corrected chi connectivity index (χ3v) is 6.97. The van der Waals surface area contributed by atoms with Gasteiger partial charge in [-0.2, -0.15) is 0 Å². The van der Waals surface area contributed by atoms with Crippen molar-refractivity contribution < 1.29 is 9.18 Å². The van der Waals surface area contributed by atoms with E-state index in [9.17, 15) is 14.0 Å². The molecule has 1 aliphatic rings. The minimum absolute atomic E-state index is 0. The average molecular weight is 509 g/mol. The summed E-state index contributed by atoms with van der Waals surface area (Å²) in [7, 11) is 0. The van der Waals surface area contributed by atoms with E-state index in [1.54, 1.807) is 12.1 Å². The van der Waals surface area contributed by atoms with E-state index in [2.05, 4.69) is 4.90 Å². The lowest BCUT2D eigenvalue weighted by molar-refractivity contribution is 0.0837. The number of rotatable bonds is 7. The fourth-order valence-corrected chi connectivity index (χ4v) is 4.96. The highest BCUT2D eigenvalue weighted by atomic mass is 35.5. The SMILES string of the molecule is Cl.Nc1ccc(Cn2c(=O)n(CCN3CCC(C(=O)c4ccc(F)cc4)CC3)c3ccccc32)cc1. The van der Waals surface area contributed by atoms with Gasteiger partial charge in [0.2, 0.25) is 0 Å². The Labute approximate surface area is 215 Å². The van der Waals surface area contributed by atoms with Crippen LogP contribution in [0.25, 0.3) is 11.0 Å². The van der Waals surface area contributed by atoms with Crippen LogP contribution in [-0.4, -0.2) is 39.5 Å². The number of para-hydroxylation sites is 2. The van der Waals surface area contributed by atoms with E-state index in [4.69, 9.17) is 5.73 Å². The molecule has 4 aromatic rings. The number of carbonyl (C=O) groups excluding carboxylic acids is 1. The van der Waals surface area contributed by atoms with E-state index < -0.39 is 0 Å². The maximum absolute atomic E-state index is 13.4. The lowest BCUT2D eigenvalue weighted by Crippen LogP contribution is -2.39. The summed E-state index contributed by atoms with van der Waals surface area (Å²) in [5, 5.41) is 0. The van der Waals surface area contributed by atoms with E-state index in [0.29, 0.717) is 24.3 Å². The normalized spacial score (nSPS) is 14.6. The largest absolute Gasteiger partial charge is 0.399 e. The molecule has 188 valence electrons. The van der Waals surface area contributed by atoms with Crippen LogP contribution in [0, 0.1) is 11.7 Å². The number of nitrogens with two attached hydrogens (primary N) is 1. The van der Waals surface area contributed by atoms with Gasteiger partial charge in [-0.15, -0.1) is 12.4 Å². The van der Waals surface area contributed by atoms with E-state index in [1.165, 1.54) is 12.1 Å². The Kier molecular flexibility index (Phi) is 7.91. The van der Waals surface area contributed by atoms with Crippen LogP contribution in [0.5, 0.6) is 0 Å². The molecule has 0 aliphatic carbocycles. The zero-order valence-electron chi connectivity index (χ0n) is 20.0. The van der Waals surface area contributed by atoms with E-state index in [0.717, 1.165) is 49.1 Å². The van der Waals surface area contributed by atoms with Crippen molar-refractivity contribution >= 4 is 34.9 Å². The predicted molar refractivity (Wildman–Crippen MR) is 143 cm³/mol. The van der Waals surface area contributed by atoms with E-state index in [1.807, 2.05) is 57.7 Å². The molecule has 3 aromatic carbocycles. The van der Waals surface area contributed by atoms with Gasteiger partial charge in [-0.1, -0.05) is 24.3 Å². The van der Waals surface area contributed by atoms with Gasteiger partial charge in [0.25, 0.3) is 0 Å². The second-order valence-electron chi connectivity index (χ2n) is 9.24. The number of benzene rings is 3. The number of imidazole rings is 1. The summed E-state index contributed by atoms with van der Waals surface area (Å²) in [6.07, 6.45) is 1.54. The van der Waals surface area contributed by atoms with Crippen LogP contribution in [0.1, 0.15) is 28.8 Å². The number of hydrogen-bond donors (Lipinski definition) is 1. The maximum Gasteiger partial charge on any atom is 0.329 e. The standard InChI is InChI=1S/C28H29FN4O2.ClH/c29-23-9-7-21(8-10-23)27(34)22-13-15-31(16-14-22)17-18-32-25-3-1-2-4-26(25)33(28(32)35)19-20-5-11-24(30)12-6-20;/h1-12,22H,13-19,30H2;1H. The first-order valence-electron chi connectivity index (χ1n) is 12.0. The summed E-state index contributed by atoms with van der Waals surface area (Å²) in [5.74, 6) is -0.283. The van der Waals surface area contributed by atoms with Crippen molar-refractivity contribution in [3.8, 4) is 0 Å². The number of hydrogen-bond acceptors (Lipinski definition) is 4. The molecule has 1 aromatic heterocycles. The Hall–Kier alpha value is -3.42. The van der Waals surface area contributed by atoms with Gasteiger partial charge in [-0.05, 0) is 80.0 Å². The van der Waals surface area contributed by atoms with Crippen molar-refractivity contribution in [2.75, 3.05) is 25.4 Å². The third-order valence-electron chi connectivity index (χ3n) is 6.97. The Bertz CT molecular complexity index is 1390. The molecule has 0 unspecified atom stereocenters. The molecule has 36 heavy (non-hydrogen) atoms. The molecule has 1 aliphatic heterocycles. The maximum atomic E-state index is 13.4. The summed E-state index contributed by atoms with van der Waals surface area (Å²) in [6.45, 7) is 3.42. The van der Waals surface area contributed by atoms with E-state index >= 15 is 0 Å². The van der Waals surface area contributed by atoms with Crippen molar-refractivity contribution in [2.24, 2.45) is 5.92 Å². The number of likely N-dealkylation sites (tertiary alicyclic amines) is 1. The molecule has 0 bridgehead atoms. The first kappa shape index (κ1) is 25.7. The Morgan fingerprint density at radius 1 is 0.861 bits per heavy atom. The molecule has 2 heterocycles. The van der Waals surface area contributed by atoms with Crippen LogP contribution < -0.4 is 11.4 Å². The van der Waals surface area contributed by atoms with Crippen LogP contribution >= 0.6 is 12.4 Å². The number of anilines is 1. The first-order chi connectivity index (χ1) is 17.0. The molecular formula is C28H30ClFN4O2. The van der Waals surface area contributed by atoms with Crippen molar-refractivity contribution in [3.63, 3.8) is 0 Å². The molecule has 0 spiro atoms. The number of nitrogens with zero attached hydrogens (tertiary/aromatic N) is 3. The van der Waals surface area contributed by atoms with Gasteiger partial charge in [0.15, 0.2) is 5.78 Å². The summed E-state index contributed by atoms with van der Waals surface area (Å²) in [4.78, 5) is 28.4. The number of halogens is 2. The van der Waals surface area contributed by atoms with Gasteiger partial charge >= 0.3 is 5.69 Å². The lowest BCUT2D eigenvalue weighted by atomic mass is 9.89. The Morgan fingerprint density at radius 2 is 1.47 bits per heavy atom. The van der Waals surface area contributed by atoms with Crippen LogP contribution in [-0.2, 0) is 13.1 Å². The second-order valence-corrected chi connectivity index (χ2v) is 9.24. The second kappa shape index (κ2) is 11.1. The van der Waals surface area contributed by atoms with Crippen LogP contribution in [0.15, 0.2) is 77.6 Å². The molecule has 0 amide bonds. The topological polar surface area (TPSA) is 73.3 Å². The highest BCUT2D eigenvalue weighted by molar-refractivity contribution is 5.97. The van der Waals surface area contributed by atoms with E-state index in [-0.39, 0.29) is 35.6 Å². The Balaban J connectivity index is 0.00000304. The number of nitrogen functional groups attached to an aromatic ring is 1. The number of carbonyl (C=O) groups is 1. The van der Waals surface area contributed by atoms with Crippen molar-refractivity contribution in [2.45, 2.75) is 25.9 Å². The smallest absolute Gasteiger partial charge is 0.329 e. The van der Waals surface area contributed by atoms with Gasteiger partial charge < -0.3 is 10.6 Å². The molecule has 6 nitrogen and oxygen atoms in total. The minimum Gasteiger partial charge on any atom is -0.399 e. The Morgan fingerprint density at radius 3 is 2.11 bits per heavy atom. The average Bonchev–Trinajstić information content (AvgIpc) is 3.15. The fraction of sp³-hybridized carbons (Fsp3) is 0.286. The first-order valence-corrected chi connectivity index (χ1v) is 12.0. The quantitative estimate of drug-likeness (QED) is 0.293. The van der Waals surface area contributed by atoms with Gasteiger partial charge in [0.05, 0.1) is 17.6 Å². The zero-order valence-corrected chi connectivity index (χ0v) is 20.8. The van der Waals surface area contributed by atoms with Gasteiger partial charge in [0, 0.05) is 30.3 Å². The molecule has 1 saturated heterocycles. The number of fused-ring (bicyclic) bond motifs is 1. The lowest BCUT2D eigenvalue weighted by Gasteiger charge is -2.31. The number of ketones is 1. The van der Waals surface area contributed by atoms with Crippen molar-refractivity contribution in [1.29, 1.82) is 0 Å². The molecular weight excluding hydrogens is 479 g/mol. The van der Waals surface area contributed by atoms with Crippen LogP contribution in [0.2, 0.25) is 0 Å². The zero-order chi connectivity index (χ0) is 24.4. The summed E-state index contributed by atoms with van der Waals surface area (Å²) in [5.41, 5.74) is 9.92.